The lowest BCUT2D eigenvalue weighted by Gasteiger charge is -2.20. The molecule has 0 bridgehead atoms. The lowest BCUT2D eigenvalue weighted by molar-refractivity contribution is 0.329. The van der Waals surface area contributed by atoms with Crippen molar-refractivity contribution in [2.75, 3.05) is 0 Å². The molecule has 2 aromatic rings. The molecule has 1 atom stereocenters. The summed E-state index contributed by atoms with van der Waals surface area (Å²) >= 11 is 0. The summed E-state index contributed by atoms with van der Waals surface area (Å²) in [5, 5.41) is 4.13. The van der Waals surface area contributed by atoms with Crippen molar-refractivity contribution in [3.05, 3.63) is 47.6 Å². The number of hydrogen-bond donors (Lipinski definition) is 1. The Morgan fingerprint density at radius 3 is 2.45 bits per heavy atom. The van der Waals surface area contributed by atoms with Crippen molar-refractivity contribution in [2.24, 2.45) is 11.7 Å². The van der Waals surface area contributed by atoms with Crippen LogP contribution in [0.3, 0.4) is 0 Å². The van der Waals surface area contributed by atoms with Gasteiger partial charge in [-0.2, -0.15) is 4.98 Å². The predicted octanol–water partition coefficient (Wildman–Crippen LogP) is 3.44. The maximum absolute atomic E-state index is 6.09. The van der Waals surface area contributed by atoms with Crippen LogP contribution in [0.25, 0.3) is 0 Å². The largest absolute Gasteiger partial charge is 0.338 e. The van der Waals surface area contributed by atoms with Crippen molar-refractivity contribution < 1.29 is 4.52 Å². The van der Waals surface area contributed by atoms with Gasteiger partial charge in [-0.1, -0.05) is 49.3 Å². The second-order valence-corrected chi connectivity index (χ2v) is 6.18. The van der Waals surface area contributed by atoms with Gasteiger partial charge in [0, 0.05) is 0 Å². The summed E-state index contributed by atoms with van der Waals surface area (Å²) < 4.78 is 5.35. The monoisotopic (exact) mass is 273 g/mol. The molecule has 1 aromatic carbocycles. The van der Waals surface area contributed by atoms with E-state index in [1.807, 2.05) is 18.2 Å². The Morgan fingerprint density at radius 1 is 1.20 bits per heavy atom. The van der Waals surface area contributed by atoms with E-state index in [2.05, 4.69) is 50.0 Å². The predicted molar refractivity (Wildman–Crippen MR) is 79.3 cm³/mol. The average molecular weight is 273 g/mol. The van der Waals surface area contributed by atoms with Crippen LogP contribution in [0.5, 0.6) is 0 Å². The molecule has 0 spiro atoms. The Bertz CT molecular complexity index is 546. The van der Waals surface area contributed by atoms with Gasteiger partial charge in [0.25, 0.3) is 0 Å². The van der Waals surface area contributed by atoms with Gasteiger partial charge in [0.05, 0.1) is 11.5 Å². The van der Waals surface area contributed by atoms with Gasteiger partial charge in [-0.05, 0) is 31.7 Å². The van der Waals surface area contributed by atoms with Crippen LogP contribution in [0, 0.1) is 5.92 Å². The van der Waals surface area contributed by atoms with E-state index in [1.165, 1.54) is 0 Å². The Balaban J connectivity index is 2.24. The smallest absolute Gasteiger partial charge is 0.243 e. The molecule has 0 fully saturated rings. The number of rotatable bonds is 5. The summed E-state index contributed by atoms with van der Waals surface area (Å²) in [6.07, 6.45) is 0.841. The lowest BCUT2D eigenvalue weighted by Crippen LogP contribution is -2.21. The molecule has 20 heavy (non-hydrogen) atoms. The van der Waals surface area contributed by atoms with E-state index in [0.29, 0.717) is 17.6 Å². The van der Waals surface area contributed by atoms with Crippen LogP contribution in [0.4, 0.5) is 0 Å². The molecule has 0 aliphatic heterocycles. The summed E-state index contributed by atoms with van der Waals surface area (Å²) in [6, 6.07) is 9.99. The molecular formula is C16H23N3O. The molecule has 2 rings (SSSR count). The number of nitrogens with two attached hydrogens (primary N) is 1. The van der Waals surface area contributed by atoms with Crippen molar-refractivity contribution in [3.63, 3.8) is 0 Å². The van der Waals surface area contributed by atoms with Gasteiger partial charge in [0.15, 0.2) is 5.82 Å². The summed E-state index contributed by atoms with van der Waals surface area (Å²) in [5.41, 5.74) is 6.96. The minimum atomic E-state index is -0.291. The van der Waals surface area contributed by atoms with E-state index in [-0.39, 0.29) is 11.5 Å². The third kappa shape index (κ3) is 3.07. The van der Waals surface area contributed by atoms with Gasteiger partial charge in [0.1, 0.15) is 0 Å². The first-order chi connectivity index (χ1) is 9.41. The van der Waals surface area contributed by atoms with Crippen molar-refractivity contribution in [3.8, 4) is 0 Å². The van der Waals surface area contributed by atoms with Crippen LogP contribution in [-0.2, 0) is 5.41 Å². The van der Waals surface area contributed by atoms with Crippen molar-refractivity contribution >= 4 is 0 Å². The van der Waals surface area contributed by atoms with Crippen LogP contribution in [0.1, 0.15) is 57.4 Å². The molecule has 0 saturated heterocycles. The number of benzene rings is 1. The lowest BCUT2D eigenvalue weighted by atomic mass is 9.84. The summed E-state index contributed by atoms with van der Waals surface area (Å²) in [5.74, 6) is 1.71. The Morgan fingerprint density at radius 2 is 1.85 bits per heavy atom. The normalized spacial score (nSPS) is 13.7. The highest BCUT2D eigenvalue weighted by molar-refractivity contribution is 5.30. The molecule has 4 heteroatoms. The van der Waals surface area contributed by atoms with Crippen LogP contribution in [0.2, 0.25) is 0 Å². The van der Waals surface area contributed by atoms with E-state index >= 15 is 0 Å². The SMILES string of the molecule is CC(C)C[C@H](N)c1nc(C(C)(C)c2ccccc2)no1. The second-order valence-electron chi connectivity index (χ2n) is 6.18. The minimum Gasteiger partial charge on any atom is -0.338 e. The third-order valence-electron chi connectivity index (χ3n) is 3.54. The first-order valence-corrected chi connectivity index (χ1v) is 7.06. The van der Waals surface area contributed by atoms with Crippen LogP contribution in [-0.4, -0.2) is 10.1 Å². The van der Waals surface area contributed by atoms with E-state index < -0.39 is 0 Å². The second kappa shape index (κ2) is 5.75. The van der Waals surface area contributed by atoms with Crippen molar-refractivity contribution in [1.29, 1.82) is 0 Å². The quantitative estimate of drug-likeness (QED) is 0.906. The zero-order chi connectivity index (χ0) is 14.8. The summed E-state index contributed by atoms with van der Waals surface area (Å²) in [4.78, 5) is 4.51. The van der Waals surface area contributed by atoms with Crippen LogP contribution in [0.15, 0.2) is 34.9 Å². The van der Waals surface area contributed by atoms with Crippen LogP contribution >= 0.6 is 0 Å². The van der Waals surface area contributed by atoms with E-state index in [9.17, 15) is 0 Å². The molecule has 2 N–H and O–H groups in total. The molecule has 0 amide bonds. The Kier molecular flexibility index (Phi) is 4.23. The minimum absolute atomic E-state index is 0.192. The van der Waals surface area contributed by atoms with Gasteiger partial charge in [0.2, 0.25) is 5.89 Å². The topological polar surface area (TPSA) is 64.9 Å². The molecule has 1 heterocycles. The maximum atomic E-state index is 6.09. The molecule has 4 nitrogen and oxygen atoms in total. The molecule has 0 saturated carbocycles. The van der Waals surface area contributed by atoms with Crippen LogP contribution < -0.4 is 5.73 Å². The molecule has 0 aliphatic rings. The van der Waals surface area contributed by atoms with E-state index in [1.54, 1.807) is 0 Å². The third-order valence-corrected chi connectivity index (χ3v) is 3.54. The van der Waals surface area contributed by atoms with Crippen molar-refractivity contribution in [2.45, 2.75) is 45.6 Å². The average Bonchev–Trinajstić information content (AvgIpc) is 2.89. The standard InChI is InChI=1S/C16H23N3O/c1-11(2)10-13(17)14-18-15(19-20-14)16(3,4)12-8-6-5-7-9-12/h5-9,11,13H,10,17H2,1-4H3/t13-/m0/s1. The van der Waals surface area contributed by atoms with Gasteiger partial charge < -0.3 is 10.3 Å². The first-order valence-electron chi connectivity index (χ1n) is 7.06. The Hall–Kier alpha value is -1.68. The van der Waals surface area contributed by atoms with Gasteiger partial charge in [-0.3, -0.25) is 0 Å². The van der Waals surface area contributed by atoms with E-state index in [0.717, 1.165) is 12.0 Å². The zero-order valence-electron chi connectivity index (χ0n) is 12.6. The molecular weight excluding hydrogens is 250 g/mol. The fourth-order valence-electron chi connectivity index (χ4n) is 2.23. The van der Waals surface area contributed by atoms with Crippen molar-refractivity contribution in [1.82, 2.24) is 10.1 Å². The number of hydrogen-bond acceptors (Lipinski definition) is 4. The molecule has 1 aromatic heterocycles. The van der Waals surface area contributed by atoms with Gasteiger partial charge in [-0.25, -0.2) is 0 Å². The fourth-order valence-corrected chi connectivity index (χ4v) is 2.23. The first kappa shape index (κ1) is 14.7. The molecule has 108 valence electrons. The summed E-state index contributed by atoms with van der Waals surface area (Å²) in [6.45, 7) is 8.44. The highest BCUT2D eigenvalue weighted by Crippen LogP contribution is 2.30. The molecule has 0 radical (unpaired) electrons. The van der Waals surface area contributed by atoms with Gasteiger partial charge >= 0.3 is 0 Å². The Labute approximate surface area is 120 Å². The highest BCUT2D eigenvalue weighted by Gasteiger charge is 2.29. The zero-order valence-corrected chi connectivity index (χ0v) is 12.6. The number of aromatic nitrogens is 2. The van der Waals surface area contributed by atoms with Gasteiger partial charge in [-0.15, -0.1) is 0 Å². The fraction of sp³-hybridized carbons (Fsp3) is 0.500. The maximum Gasteiger partial charge on any atom is 0.243 e. The number of nitrogens with zero attached hydrogens (tertiary/aromatic N) is 2. The molecule has 0 aliphatic carbocycles. The molecule has 0 unspecified atom stereocenters. The van der Waals surface area contributed by atoms with E-state index in [4.69, 9.17) is 10.3 Å². The summed E-state index contributed by atoms with van der Waals surface area (Å²) in [7, 11) is 0. The highest BCUT2D eigenvalue weighted by atomic mass is 16.5.